The van der Waals surface area contributed by atoms with Crippen LogP contribution in [0, 0.1) is 41.0 Å². The molecule has 4 rings (SSSR count). The Kier molecular flexibility index (Phi) is 10.7. The van der Waals surface area contributed by atoms with Crippen molar-refractivity contribution in [1.29, 1.82) is 0 Å². The molecule has 40 heavy (non-hydrogen) atoms. The summed E-state index contributed by atoms with van der Waals surface area (Å²) in [5, 5.41) is 0. The van der Waals surface area contributed by atoms with Gasteiger partial charge in [-0.15, -0.1) is 0 Å². The Balaban J connectivity index is 1.34. The van der Waals surface area contributed by atoms with Crippen LogP contribution >= 0.6 is 0 Å². The molecule has 2 aromatic rings. The highest BCUT2D eigenvalue weighted by Crippen LogP contribution is 2.45. The lowest BCUT2D eigenvalue weighted by Crippen LogP contribution is -2.26. The van der Waals surface area contributed by atoms with Crippen LogP contribution in [0.3, 0.4) is 0 Å². The number of carbonyl (C=O) groups is 1. The van der Waals surface area contributed by atoms with Gasteiger partial charge in [0.2, 0.25) is 11.6 Å². The summed E-state index contributed by atoms with van der Waals surface area (Å²) in [6.45, 7) is 3.88. The average molecular weight is 561 g/mol. The number of hydrogen-bond donors (Lipinski definition) is 0. The van der Waals surface area contributed by atoms with E-state index in [0.717, 1.165) is 55.9 Å². The highest BCUT2D eigenvalue weighted by molar-refractivity contribution is 5.91. The fourth-order valence-electron chi connectivity index (χ4n) is 6.55. The Morgan fingerprint density at radius 3 is 2.08 bits per heavy atom. The monoisotopic (exact) mass is 560 g/mol. The van der Waals surface area contributed by atoms with Gasteiger partial charge in [0.05, 0.1) is 11.8 Å². The molecule has 0 spiro atoms. The minimum atomic E-state index is -1.46. The van der Waals surface area contributed by atoms with E-state index in [0.29, 0.717) is 5.92 Å². The number of ether oxygens (including phenoxy) is 2. The topological polar surface area (TPSA) is 35.5 Å². The van der Waals surface area contributed by atoms with E-state index in [-0.39, 0.29) is 11.5 Å². The molecular formula is C33H40F4O3. The molecule has 0 N–H and O–H groups in total. The van der Waals surface area contributed by atoms with Gasteiger partial charge in [-0.3, -0.25) is 0 Å². The fourth-order valence-corrected chi connectivity index (χ4v) is 6.55. The number of allylic oxidation sites excluding steroid dienone is 1. The predicted octanol–water partition coefficient (Wildman–Crippen LogP) is 10.0. The molecule has 0 amide bonds. The van der Waals surface area contributed by atoms with Crippen molar-refractivity contribution < 1.29 is 31.8 Å². The molecule has 2 fully saturated rings. The van der Waals surface area contributed by atoms with Crippen LogP contribution in [0.5, 0.6) is 11.5 Å². The number of unbranched alkanes of at least 4 members (excludes halogenated alkanes) is 2. The molecule has 0 aliphatic heterocycles. The second kappa shape index (κ2) is 14.2. The van der Waals surface area contributed by atoms with E-state index in [9.17, 15) is 18.0 Å². The number of rotatable bonds is 10. The quantitative estimate of drug-likeness (QED) is 0.0954. The summed E-state index contributed by atoms with van der Waals surface area (Å²) in [7, 11) is 0. The largest absolute Gasteiger partial charge is 0.462 e. The maximum absolute atomic E-state index is 15.1. The third-order valence-corrected chi connectivity index (χ3v) is 8.86. The van der Waals surface area contributed by atoms with Crippen LogP contribution in [0.2, 0.25) is 0 Å². The molecule has 7 heteroatoms. The number of carbonyl (C=O) groups excluding carboxylic acids is 1. The number of esters is 1. The molecule has 2 saturated carbocycles. The maximum Gasteiger partial charge on any atom is 0.346 e. The standard InChI is InChI=1S/C33H40F4O3/c1-3-5-6-7-21-8-10-22(11-9-21)23-12-14-24(15-13-23)25-16-17-26(30(35)29(25)34)33(38)40-28-19-18-27(39-20-4-2)31(36)32(28)37/h4,16-24H,3,5-15H2,1-2H3. The SMILES string of the molecule is CC=COc1ccc(OC(=O)c2ccc(C3CCC(C4CCC(CCCCC)CC4)CC3)c(F)c2F)c(F)c1F. The molecule has 3 nitrogen and oxygen atoms in total. The molecular weight excluding hydrogens is 520 g/mol. The number of hydrogen-bond acceptors (Lipinski definition) is 3. The first kappa shape index (κ1) is 30.1. The molecule has 0 atom stereocenters. The first-order valence-corrected chi connectivity index (χ1v) is 14.8. The molecule has 218 valence electrons. The first-order valence-electron chi connectivity index (χ1n) is 14.8. The summed E-state index contributed by atoms with van der Waals surface area (Å²) in [6, 6.07) is 4.66. The van der Waals surface area contributed by atoms with Gasteiger partial charge in [-0.05, 0) is 92.9 Å². The van der Waals surface area contributed by atoms with Crippen molar-refractivity contribution in [2.75, 3.05) is 0 Å². The van der Waals surface area contributed by atoms with Crippen molar-refractivity contribution in [1.82, 2.24) is 0 Å². The predicted molar refractivity (Wildman–Crippen MR) is 147 cm³/mol. The van der Waals surface area contributed by atoms with Crippen LogP contribution in [0.25, 0.3) is 0 Å². The number of benzene rings is 2. The molecule has 0 radical (unpaired) electrons. The molecule has 0 aromatic heterocycles. The van der Waals surface area contributed by atoms with Crippen LogP contribution < -0.4 is 9.47 Å². The van der Waals surface area contributed by atoms with Crippen LogP contribution in [0.15, 0.2) is 36.6 Å². The first-order chi connectivity index (χ1) is 19.3. The average Bonchev–Trinajstić information content (AvgIpc) is 2.97. The second-order valence-corrected chi connectivity index (χ2v) is 11.4. The van der Waals surface area contributed by atoms with Crippen LogP contribution in [0.1, 0.15) is 113 Å². The molecule has 0 unspecified atom stereocenters. The van der Waals surface area contributed by atoms with Crippen molar-refractivity contribution in [2.24, 2.45) is 17.8 Å². The van der Waals surface area contributed by atoms with Crippen LogP contribution in [-0.2, 0) is 0 Å². The van der Waals surface area contributed by atoms with E-state index in [4.69, 9.17) is 9.47 Å². The van der Waals surface area contributed by atoms with Gasteiger partial charge in [0, 0.05) is 0 Å². The van der Waals surface area contributed by atoms with Crippen molar-refractivity contribution >= 4 is 5.97 Å². The third-order valence-electron chi connectivity index (χ3n) is 8.86. The van der Waals surface area contributed by atoms with Gasteiger partial charge in [-0.2, -0.15) is 8.78 Å². The summed E-state index contributed by atoms with van der Waals surface area (Å²) >= 11 is 0. The Labute approximate surface area is 235 Å². The van der Waals surface area contributed by atoms with E-state index in [1.165, 1.54) is 69.6 Å². The van der Waals surface area contributed by atoms with Gasteiger partial charge in [0.15, 0.2) is 23.1 Å². The van der Waals surface area contributed by atoms with Crippen molar-refractivity contribution in [2.45, 2.75) is 96.8 Å². The summed E-state index contributed by atoms with van der Waals surface area (Å²) in [5.41, 5.74) is -0.408. The van der Waals surface area contributed by atoms with Crippen LogP contribution in [0.4, 0.5) is 17.6 Å². The van der Waals surface area contributed by atoms with E-state index in [1.54, 1.807) is 6.92 Å². The summed E-state index contributed by atoms with van der Waals surface area (Å²) in [4.78, 5) is 12.5. The molecule has 2 aromatic carbocycles. The van der Waals surface area contributed by atoms with Gasteiger partial charge in [0.1, 0.15) is 0 Å². The zero-order valence-electron chi connectivity index (χ0n) is 23.5. The Bertz CT molecular complexity index is 1180. The molecule has 2 aliphatic carbocycles. The van der Waals surface area contributed by atoms with E-state index < -0.39 is 46.3 Å². The third kappa shape index (κ3) is 7.08. The van der Waals surface area contributed by atoms with Gasteiger partial charge in [0.25, 0.3) is 0 Å². The van der Waals surface area contributed by atoms with Gasteiger partial charge in [-0.1, -0.05) is 57.6 Å². The molecule has 0 bridgehead atoms. The van der Waals surface area contributed by atoms with E-state index in [2.05, 4.69) is 6.92 Å². The summed E-state index contributed by atoms with van der Waals surface area (Å²) in [5.74, 6) is -5.56. The lowest BCUT2D eigenvalue weighted by Gasteiger charge is -2.38. The highest BCUT2D eigenvalue weighted by Gasteiger charge is 2.33. The van der Waals surface area contributed by atoms with Gasteiger partial charge >= 0.3 is 5.97 Å². The Morgan fingerprint density at radius 1 is 0.800 bits per heavy atom. The number of halogens is 4. The lowest BCUT2D eigenvalue weighted by atomic mass is 9.68. The second-order valence-electron chi connectivity index (χ2n) is 11.4. The summed E-state index contributed by atoms with van der Waals surface area (Å²) in [6.07, 6.45) is 16.7. The van der Waals surface area contributed by atoms with Crippen molar-refractivity contribution in [3.63, 3.8) is 0 Å². The maximum atomic E-state index is 15.1. The van der Waals surface area contributed by atoms with Crippen molar-refractivity contribution in [3.05, 3.63) is 71.0 Å². The Morgan fingerprint density at radius 2 is 1.43 bits per heavy atom. The van der Waals surface area contributed by atoms with Crippen molar-refractivity contribution in [3.8, 4) is 11.5 Å². The van der Waals surface area contributed by atoms with Gasteiger partial charge < -0.3 is 9.47 Å². The summed E-state index contributed by atoms with van der Waals surface area (Å²) < 4.78 is 68.5. The van der Waals surface area contributed by atoms with Gasteiger partial charge in [-0.25, -0.2) is 13.6 Å². The molecule has 0 saturated heterocycles. The minimum Gasteiger partial charge on any atom is -0.462 e. The Hall–Kier alpha value is -2.83. The van der Waals surface area contributed by atoms with E-state index in [1.807, 2.05) is 0 Å². The van der Waals surface area contributed by atoms with E-state index >= 15 is 4.39 Å². The normalized spacial score (nSPS) is 23.4. The fraction of sp³-hybridized carbons (Fsp3) is 0.545. The zero-order valence-corrected chi connectivity index (χ0v) is 23.5. The lowest BCUT2D eigenvalue weighted by molar-refractivity contribution is 0.0720. The molecule has 2 aliphatic rings. The zero-order chi connectivity index (χ0) is 28.6. The molecule has 0 heterocycles. The minimum absolute atomic E-state index is 0.113. The van der Waals surface area contributed by atoms with Crippen LogP contribution in [-0.4, -0.2) is 5.97 Å². The highest BCUT2D eigenvalue weighted by atomic mass is 19.2. The smallest absolute Gasteiger partial charge is 0.346 e.